The molecule has 3 aliphatic rings. The molecule has 152 valence electrons. The maximum Gasteiger partial charge on any atom is 0.238 e. The zero-order valence-electron chi connectivity index (χ0n) is 16.8. The maximum absolute atomic E-state index is 13.0. The number of ether oxygens (including phenoxy) is 1. The monoisotopic (exact) mass is 407 g/mol. The number of para-hydroxylation sites is 1. The van der Waals surface area contributed by atoms with Crippen molar-refractivity contribution in [3.05, 3.63) is 91.0 Å². The van der Waals surface area contributed by atoms with Crippen LogP contribution in [0.1, 0.15) is 6.42 Å². The van der Waals surface area contributed by atoms with Gasteiger partial charge in [-0.15, -0.1) is 0 Å². The van der Waals surface area contributed by atoms with Gasteiger partial charge in [-0.1, -0.05) is 60.7 Å². The van der Waals surface area contributed by atoms with Gasteiger partial charge in [-0.05, 0) is 54.2 Å². The average molecular weight is 407 g/mol. The summed E-state index contributed by atoms with van der Waals surface area (Å²) >= 11 is 0. The van der Waals surface area contributed by atoms with E-state index in [1.165, 1.54) is 4.90 Å². The number of nitrogens with zero attached hydrogens (tertiary/aromatic N) is 1. The van der Waals surface area contributed by atoms with Crippen LogP contribution in [0.3, 0.4) is 0 Å². The Labute approximate surface area is 180 Å². The first-order valence-electron chi connectivity index (χ1n) is 10.7. The lowest BCUT2D eigenvalue weighted by atomic mass is 9.85. The van der Waals surface area contributed by atoms with Gasteiger partial charge >= 0.3 is 0 Å². The molecule has 1 aliphatic heterocycles. The molecular formula is C27H21NO3. The van der Waals surface area contributed by atoms with Crippen LogP contribution in [0.4, 0.5) is 5.69 Å². The first kappa shape index (κ1) is 18.1. The van der Waals surface area contributed by atoms with E-state index in [2.05, 4.69) is 24.3 Å². The molecule has 0 unspecified atom stereocenters. The quantitative estimate of drug-likeness (QED) is 0.426. The molecule has 31 heavy (non-hydrogen) atoms. The van der Waals surface area contributed by atoms with E-state index in [1.807, 2.05) is 54.6 Å². The predicted octanol–water partition coefficient (Wildman–Crippen LogP) is 5.46. The fourth-order valence-electron chi connectivity index (χ4n) is 5.36. The molecule has 0 aromatic heterocycles. The van der Waals surface area contributed by atoms with Crippen molar-refractivity contribution >= 4 is 17.5 Å². The van der Waals surface area contributed by atoms with E-state index in [-0.39, 0.29) is 35.5 Å². The molecule has 3 aromatic rings. The van der Waals surface area contributed by atoms with Crippen molar-refractivity contribution in [3.8, 4) is 22.6 Å². The number of anilines is 1. The topological polar surface area (TPSA) is 46.6 Å². The number of allylic oxidation sites excluding steroid dienone is 2. The van der Waals surface area contributed by atoms with Gasteiger partial charge < -0.3 is 4.74 Å². The number of amides is 2. The highest BCUT2D eigenvalue weighted by Gasteiger charge is 2.59. The van der Waals surface area contributed by atoms with E-state index in [0.29, 0.717) is 11.4 Å². The molecule has 2 amide bonds. The SMILES string of the molecule is O=C1[C@@H]2[C@H](C(=O)N1c1ccc(Oc3ccccc3-c3ccccc3)cc1)[C@H]1C=C[C@H]2C1. The fraction of sp³-hybridized carbons (Fsp3) is 0.185. The van der Waals surface area contributed by atoms with E-state index < -0.39 is 0 Å². The molecule has 2 aliphatic carbocycles. The van der Waals surface area contributed by atoms with E-state index in [4.69, 9.17) is 4.74 Å². The highest BCUT2D eigenvalue weighted by molar-refractivity contribution is 6.22. The Morgan fingerprint density at radius 1 is 0.710 bits per heavy atom. The highest BCUT2D eigenvalue weighted by atomic mass is 16.5. The van der Waals surface area contributed by atoms with Gasteiger partial charge in [0, 0.05) is 5.56 Å². The van der Waals surface area contributed by atoms with Gasteiger partial charge in [-0.25, -0.2) is 0 Å². The van der Waals surface area contributed by atoms with Crippen LogP contribution >= 0.6 is 0 Å². The second-order valence-corrected chi connectivity index (χ2v) is 8.47. The zero-order chi connectivity index (χ0) is 20.9. The molecule has 6 rings (SSSR count). The largest absolute Gasteiger partial charge is 0.457 e. The Kier molecular flexibility index (Phi) is 4.06. The third-order valence-corrected chi connectivity index (χ3v) is 6.76. The minimum Gasteiger partial charge on any atom is -0.457 e. The van der Waals surface area contributed by atoms with Crippen LogP contribution in [0.25, 0.3) is 11.1 Å². The van der Waals surface area contributed by atoms with Crippen LogP contribution in [-0.4, -0.2) is 11.8 Å². The molecule has 4 atom stereocenters. The number of hydrogen-bond acceptors (Lipinski definition) is 3. The number of carbonyl (C=O) groups excluding carboxylic acids is 2. The molecular weight excluding hydrogens is 386 g/mol. The fourth-order valence-corrected chi connectivity index (χ4v) is 5.36. The molecule has 2 bridgehead atoms. The molecule has 4 nitrogen and oxygen atoms in total. The Morgan fingerprint density at radius 2 is 1.32 bits per heavy atom. The molecule has 4 heteroatoms. The van der Waals surface area contributed by atoms with Crippen LogP contribution in [0.5, 0.6) is 11.5 Å². The number of carbonyl (C=O) groups is 2. The third-order valence-electron chi connectivity index (χ3n) is 6.76. The van der Waals surface area contributed by atoms with Crippen molar-refractivity contribution in [2.24, 2.45) is 23.7 Å². The summed E-state index contributed by atoms with van der Waals surface area (Å²) in [6, 6.07) is 25.2. The van der Waals surface area contributed by atoms with Crippen LogP contribution in [-0.2, 0) is 9.59 Å². The first-order valence-corrected chi connectivity index (χ1v) is 10.7. The Bertz CT molecular complexity index is 1170. The summed E-state index contributed by atoms with van der Waals surface area (Å²) in [6.07, 6.45) is 5.16. The van der Waals surface area contributed by atoms with E-state index in [9.17, 15) is 9.59 Å². The lowest BCUT2D eigenvalue weighted by molar-refractivity contribution is -0.123. The number of fused-ring (bicyclic) bond motifs is 5. The number of rotatable bonds is 4. The number of benzene rings is 3. The van der Waals surface area contributed by atoms with E-state index in [0.717, 1.165) is 23.3 Å². The van der Waals surface area contributed by atoms with Crippen molar-refractivity contribution in [1.29, 1.82) is 0 Å². The summed E-state index contributed by atoms with van der Waals surface area (Å²) in [4.78, 5) is 27.4. The Hall–Kier alpha value is -3.66. The van der Waals surface area contributed by atoms with Crippen LogP contribution in [0.15, 0.2) is 91.0 Å². The van der Waals surface area contributed by atoms with Gasteiger partial charge in [-0.3, -0.25) is 14.5 Å². The molecule has 3 aromatic carbocycles. The van der Waals surface area contributed by atoms with Crippen molar-refractivity contribution in [2.45, 2.75) is 6.42 Å². The molecule has 0 N–H and O–H groups in total. The van der Waals surface area contributed by atoms with Gasteiger partial charge in [0.1, 0.15) is 11.5 Å². The van der Waals surface area contributed by atoms with Crippen molar-refractivity contribution < 1.29 is 14.3 Å². The molecule has 2 fully saturated rings. The predicted molar refractivity (Wildman–Crippen MR) is 119 cm³/mol. The second kappa shape index (κ2) is 6.95. The summed E-state index contributed by atoms with van der Waals surface area (Å²) < 4.78 is 6.16. The lowest BCUT2D eigenvalue weighted by Crippen LogP contribution is -2.32. The Balaban J connectivity index is 1.25. The number of imide groups is 1. The van der Waals surface area contributed by atoms with Crippen molar-refractivity contribution in [2.75, 3.05) is 4.90 Å². The number of hydrogen-bond donors (Lipinski definition) is 0. The van der Waals surface area contributed by atoms with Gasteiger partial charge in [0.05, 0.1) is 17.5 Å². The van der Waals surface area contributed by atoms with E-state index in [1.54, 1.807) is 12.1 Å². The van der Waals surface area contributed by atoms with Crippen LogP contribution < -0.4 is 9.64 Å². The summed E-state index contributed by atoms with van der Waals surface area (Å²) in [5.74, 6) is 1.36. The van der Waals surface area contributed by atoms with Gasteiger partial charge in [-0.2, -0.15) is 0 Å². The van der Waals surface area contributed by atoms with E-state index >= 15 is 0 Å². The standard InChI is InChI=1S/C27H21NO3/c29-26-24-18-10-11-19(16-18)25(24)27(30)28(26)20-12-14-21(15-13-20)31-23-9-5-4-8-22(23)17-6-2-1-3-7-17/h1-15,18-19,24-25H,16H2/t18-,19-,24-,25+/m0/s1. The Morgan fingerprint density at radius 3 is 2.00 bits per heavy atom. The summed E-state index contributed by atoms with van der Waals surface area (Å²) in [5, 5.41) is 0. The molecule has 1 saturated carbocycles. The van der Waals surface area contributed by atoms with Crippen LogP contribution in [0, 0.1) is 23.7 Å². The molecule has 1 heterocycles. The van der Waals surface area contributed by atoms with Gasteiger partial charge in [0.15, 0.2) is 0 Å². The minimum absolute atomic E-state index is 0.0602. The van der Waals surface area contributed by atoms with Crippen molar-refractivity contribution in [1.82, 2.24) is 0 Å². The summed E-state index contributed by atoms with van der Waals surface area (Å²) in [7, 11) is 0. The van der Waals surface area contributed by atoms with Gasteiger partial charge in [0.2, 0.25) is 11.8 Å². The summed E-state index contributed by atoms with van der Waals surface area (Å²) in [6.45, 7) is 0. The van der Waals surface area contributed by atoms with Crippen molar-refractivity contribution in [3.63, 3.8) is 0 Å². The molecule has 0 spiro atoms. The molecule has 0 radical (unpaired) electrons. The minimum atomic E-state index is -0.184. The maximum atomic E-state index is 13.0. The second-order valence-electron chi connectivity index (χ2n) is 8.47. The van der Waals surface area contributed by atoms with Gasteiger partial charge in [0.25, 0.3) is 0 Å². The average Bonchev–Trinajstić information content (AvgIpc) is 3.49. The lowest BCUT2D eigenvalue weighted by Gasteiger charge is -2.18. The normalized spacial score (nSPS) is 25.9. The third kappa shape index (κ3) is 2.82. The highest BCUT2D eigenvalue weighted by Crippen LogP contribution is 2.53. The zero-order valence-corrected chi connectivity index (χ0v) is 16.8. The molecule has 1 saturated heterocycles. The smallest absolute Gasteiger partial charge is 0.238 e. The first-order chi connectivity index (χ1) is 15.2. The van der Waals surface area contributed by atoms with Crippen LogP contribution in [0.2, 0.25) is 0 Å². The summed E-state index contributed by atoms with van der Waals surface area (Å²) in [5.41, 5.74) is 2.71.